The summed E-state index contributed by atoms with van der Waals surface area (Å²) in [6.45, 7) is 1.69. The molecule has 0 amide bonds. The van der Waals surface area contributed by atoms with Crippen LogP contribution < -0.4 is 5.32 Å². The van der Waals surface area contributed by atoms with Crippen LogP contribution in [0.15, 0.2) is 35.7 Å². The lowest BCUT2D eigenvalue weighted by Crippen LogP contribution is -2.34. The summed E-state index contributed by atoms with van der Waals surface area (Å²) in [5, 5.41) is 19.3. The van der Waals surface area contributed by atoms with Gasteiger partial charge in [0.25, 0.3) is 0 Å². The minimum Gasteiger partial charge on any atom is -0.366 e. The van der Waals surface area contributed by atoms with Crippen molar-refractivity contribution in [2.45, 2.75) is 13.1 Å². The summed E-state index contributed by atoms with van der Waals surface area (Å²) >= 11 is 1.17. The lowest BCUT2D eigenvalue weighted by molar-refractivity contribution is 0.413. The zero-order valence-corrected chi connectivity index (χ0v) is 10.1. The summed E-state index contributed by atoms with van der Waals surface area (Å²) in [5.74, 6) is 0. The van der Waals surface area contributed by atoms with Gasteiger partial charge in [0.05, 0.1) is 10.7 Å². The standard InChI is InChI=1S/C10H13BN4S/c1-6(12)16-10(13)8-4-14-9-3-2-7(11)5-15(8)9/h2-5,9,12-14H,11H2,1H3. The zero-order chi connectivity index (χ0) is 11.7. The molecular formula is C10H13BN4S. The first-order valence-electron chi connectivity index (χ1n) is 5.01. The van der Waals surface area contributed by atoms with Gasteiger partial charge in [0, 0.05) is 12.4 Å². The van der Waals surface area contributed by atoms with Gasteiger partial charge in [-0.05, 0) is 13.0 Å². The van der Waals surface area contributed by atoms with E-state index in [2.05, 4.69) is 17.5 Å². The van der Waals surface area contributed by atoms with Gasteiger partial charge in [-0.2, -0.15) is 0 Å². The minimum absolute atomic E-state index is 0.116. The van der Waals surface area contributed by atoms with Crippen LogP contribution in [0.2, 0.25) is 0 Å². The molecule has 0 aromatic heterocycles. The molecule has 82 valence electrons. The first kappa shape index (κ1) is 11.1. The molecule has 2 aliphatic heterocycles. The van der Waals surface area contributed by atoms with Crippen molar-refractivity contribution in [1.82, 2.24) is 10.2 Å². The van der Waals surface area contributed by atoms with Gasteiger partial charge in [-0.15, -0.1) is 0 Å². The number of thioether (sulfide) groups is 1. The fraction of sp³-hybridized carbons (Fsp3) is 0.200. The van der Waals surface area contributed by atoms with Gasteiger partial charge >= 0.3 is 0 Å². The van der Waals surface area contributed by atoms with E-state index in [1.165, 1.54) is 11.8 Å². The average Bonchev–Trinajstić information content (AvgIpc) is 2.59. The number of rotatable bonds is 1. The van der Waals surface area contributed by atoms with Crippen molar-refractivity contribution >= 4 is 29.7 Å². The topological polar surface area (TPSA) is 63.0 Å². The maximum absolute atomic E-state index is 7.92. The number of allylic oxidation sites excluding steroid dienone is 2. The fourth-order valence-electron chi connectivity index (χ4n) is 1.66. The van der Waals surface area contributed by atoms with E-state index in [-0.39, 0.29) is 6.17 Å². The van der Waals surface area contributed by atoms with Crippen molar-refractivity contribution in [3.05, 3.63) is 35.7 Å². The summed E-state index contributed by atoms with van der Waals surface area (Å²) in [4.78, 5) is 2.02. The van der Waals surface area contributed by atoms with Crippen LogP contribution in [0, 0.1) is 10.8 Å². The summed E-state index contributed by atoms with van der Waals surface area (Å²) in [6.07, 6.45) is 8.09. The summed E-state index contributed by atoms with van der Waals surface area (Å²) in [5.41, 5.74) is 1.99. The molecular weight excluding hydrogens is 219 g/mol. The van der Waals surface area contributed by atoms with Crippen LogP contribution in [-0.2, 0) is 0 Å². The second kappa shape index (κ2) is 4.21. The van der Waals surface area contributed by atoms with E-state index in [1.54, 1.807) is 6.92 Å². The number of hydrogen-bond acceptors (Lipinski definition) is 5. The molecule has 1 atom stereocenters. The Hall–Kier alpha value is -1.43. The van der Waals surface area contributed by atoms with Crippen molar-refractivity contribution in [1.29, 1.82) is 10.8 Å². The summed E-state index contributed by atoms with van der Waals surface area (Å²) in [6, 6.07) is 0. The molecule has 2 rings (SSSR count). The molecule has 0 saturated carbocycles. The zero-order valence-electron chi connectivity index (χ0n) is 9.24. The summed E-state index contributed by atoms with van der Waals surface area (Å²) in [7, 11) is 2.03. The highest BCUT2D eigenvalue weighted by atomic mass is 32.2. The molecule has 6 heteroatoms. The van der Waals surface area contributed by atoms with E-state index in [4.69, 9.17) is 10.8 Å². The average molecular weight is 232 g/mol. The molecule has 16 heavy (non-hydrogen) atoms. The van der Waals surface area contributed by atoms with Crippen LogP contribution in [0.25, 0.3) is 0 Å². The number of nitrogens with one attached hydrogen (secondary N) is 3. The molecule has 0 saturated heterocycles. The molecule has 0 aromatic rings. The van der Waals surface area contributed by atoms with Crippen LogP contribution in [0.1, 0.15) is 6.92 Å². The maximum atomic E-state index is 7.92. The highest BCUT2D eigenvalue weighted by molar-refractivity contribution is 8.26. The lowest BCUT2D eigenvalue weighted by Gasteiger charge is -2.27. The third kappa shape index (κ3) is 2.06. The minimum atomic E-state index is 0.116. The number of hydrogen-bond donors (Lipinski definition) is 3. The third-order valence-corrected chi connectivity index (χ3v) is 3.06. The second-order valence-corrected chi connectivity index (χ2v) is 4.99. The van der Waals surface area contributed by atoms with Crippen molar-refractivity contribution < 1.29 is 0 Å². The Labute approximate surface area is 99.9 Å². The Morgan fingerprint density at radius 3 is 3.00 bits per heavy atom. The molecule has 4 nitrogen and oxygen atoms in total. The van der Waals surface area contributed by atoms with Crippen molar-refractivity contribution in [3.8, 4) is 0 Å². The van der Waals surface area contributed by atoms with Crippen LogP contribution in [0.3, 0.4) is 0 Å². The van der Waals surface area contributed by atoms with Gasteiger partial charge in [0.2, 0.25) is 0 Å². The molecule has 0 bridgehead atoms. The molecule has 2 heterocycles. The van der Waals surface area contributed by atoms with Crippen LogP contribution in [0.5, 0.6) is 0 Å². The van der Waals surface area contributed by atoms with E-state index in [1.807, 2.05) is 25.1 Å². The molecule has 1 unspecified atom stereocenters. The molecule has 2 aliphatic rings. The number of nitrogens with zero attached hydrogens (tertiary/aromatic N) is 1. The van der Waals surface area contributed by atoms with Crippen LogP contribution in [0.4, 0.5) is 0 Å². The van der Waals surface area contributed by atoms with Gasteiger partial charge < -0.3 is 10.2 Å². The van der Waals surface area contributed by atoms with E-state index >= 15 is 0 Å². The molecule has 0 spiro atoms. The van der Waals surface area contributed by atoms with Gasteiger partial charge in [0.1, 0.15) is 19.1 Å². The van der Waals surface area contributed by atoms with Gasteiger partial charge in [0.15, 0.2) is 0 Å². The van der Waals surface area contributed by atoms with Crippen molar-refractivity contribution in [2.75, 3.05) is 0 Å². The van der Waals surface area contributed by atoms with Gasteiger partial charge in [-0.1, -0.05) is 23.3 Å². The highest BCUT2D eigenvalue weighted by Crippen LogP contribution is 2.25. The van der Waals surface area contributed by atoms with E-state index < -0.39 is 0 Å². The Morgan fingerprint density at radius 2 is 2.31 bits per heavy atom. The maximum Gasteiger partial charge on any atom is 0.141 e. The Bertz CT molecular complexity index is 438. The van der Waals surface area contributed by atoms with Crippen LogP contribution in [-0.4, -0.2) is 29.0 Å². The van der Waals surface area contributed by atoms with E-state index in [0.717, 1.165) is 11.2 Å². The summed E-state index contributed by atoms with van der Waals surface area (Å²) < 4.78 is 0. The normalized spacial score (nSPS) is 22.1. The van der Waals surface area contributed by atoms with Gasteiger partial charge in [-0.25, -0.2) is 0 Å². The highest BCUT2D eigenvalue weighted by Gasteiger charge is 2.26. The smallest absolute Gasteiger partial charge is 0.141 e. The predicted molar refractivity (Wildman–Crippen MR) is 71.3 cm³/mol. The first-order chi connectivity index (χ1) is 7.58. The van der Waals surface area contributed by atoms with E-state index in [0.29, 0.717) is 10.1 Å². The lowest BCUT2D eigenvalue weighted by atomic mass is 9.94. The second-order valence-electron chi connectivity index (χ2n) is 3.77. The van der Waals surface area contributed by atoms with E-state index in [9.17, 15) is 0 Å². The molecule has 0 aromatic carbocycles. The predicted octanol–water partition coefficient (Wildman–Crippen LogP) is 0.811. The SMILES string of the molecule is BC1=CN2C(C(=N)SC(C)=N)=CNC2C=C1. The van der Waals surface area contributed by atoms with Gasteiger partial charge in [-0.3, -0.25) is 10.8 Å². The Kier molecular flexibility index (Phi) is 2.91. The fourth-order valence-corrected chi connectivity index (χ4v) is 2.24. The molecule has 0 fully saturated rings. The Morgan fingerprint density at radius 1 is 1.56 bits per heavy atom. The quantitative estimate of drug-likeness (QED) is 0.356. The van der Waals surface area contributed by atoms with Crippen LogP contribution >= 0.6 is 11.8 Å². The first-order valence-corrected chi connectivity index (χ1v) is 5.82. The largest absolute Gasteiger partial charge is 0.366 e. The van der Waals surface area contributed by atoms with Crippen molar-refractivity contribution in [2.24, 2.45) is 0 Å². The molecule has 3 N–H and O–H groups in total. The monoisotopic (exact) mass is 232 g/mol. The number of fused-ring (bicyclic) bond motifs is 1. The third-order valence-electron chi connectivity index (χ3n) is 2.34. The van der Waals surface area contributed by atoms with Crippen molar-refractivity contribution in [3.63, 3.8) is 0 Å². The molecule has 0 aliphatic carbocycles. The Balaban J connectivity index is 2.16. The molecule has 0 radical (unpaired) electrons.